The second-order valence-electron chi connectivity index (χ2n) is 8.33. The molecule has 0 saturated carbocycles. The van der Waals surface area contributed by atoms with Crippen LogP contribution in [0.15, 0.2) is 47.3 Å². The fourth-order valence-electron chi connectivity index (χ4n) is 3.59. The molecule has 1 aliphatic rings. The monoisotopic (exact) mass is 440 g/mol. The van der Waals surface area contributed by atoms with Gasteiger partial charge in [0.1, 0.15) is 23.0 Å². The molecule has 0 amide bonds. The van der Waals surface area contributed by atoms with E-state index in [-0.39, 0.29) is 17.9 Å². The van der Waals surface area contributed by atoms with Crippen LogP contribution in [0.2, 0.25) is 0 Å². The lowest BCUT2D eigenvalue weighted by atomic mass is 9.91. The first-order chi connectivity index (χ1) is 15.1. The van der Waals surface area contributed by atoms with Crippen LogP contribution in [-0.2, 0) is 24.0 Å². The van der Waals surface area contributed by atoms with E-state index in [1.165, 1.54) is 19.2 Å². The molecule has 1 aliphatic heterocycles. The van der Waals surface area contributed by atoms with Gasteiger partial charge in [0.25, 0.3) is 0 Å². The van der Waals surface area contributed by atoms with Gasteiger partial charge in [-0.05, 0) is 58.7 Å². The highest BCUT2D eigenvalue weighted by Gasteiger charge is 2.31. The Balaban J connectivity index is 2.21. The number of hydrogen-bond acceptors (Lipinski definition) is 5. The molecule has 6 heteroatoms. The number of allylic oxidation sites excluding steroid dienone is 5. The highest BCUT2D eigenvalue weighted by molar-refractivity contribution is 5.73. The van der Waals surface area contributed by atoms with Gasteiger partial charge in [-0.1, -0.05) is 23.3 Å². The van der Waals surface area contributed by atoms with Gasteiger partial charge in [-0.2, -0.15) is 0 Å². The lowest BCUT2D eigenvalue weighted by Crippen LogP contribution is -2.14. The normalized spacial score (nSPS) is 12.7. The van der Waals surface area contributed by atoms with E-state index < -0.39 is 11.6 Å². The molecule has 0 aromatic heterocycles. The molecule has 32 heavy (non-hydrogen) atoms. The van der Waals surface area contributed by atoms with Crippen LogP contribution in [0.4, 0.5) is 4.39 Å². The molecule has 0 aliphatic carbocycles. The van der Waals surface area contributed by atoms with Gasteiger partial charge in [0.2, 0.25) is 0 Å². The van der Waals surface area contributed by atoms with Crippen LogP contribution >= 0.6 is 0 Å². The van der Waals surface area contributed by atoms with E-state index >= 15 is 0 Å². The molecule has 2 aromatic carbocycles. The second kappa shape index (κ2) is 9.39. The molecule has 1 heterocycles. The van der Waals surface area contributed by atoms with E-state index in [0.717, 1.165) is 17.2 Å². The fraction of sp³-hybridized carbons (Fsp3) is 0.308. The molecular weight excluding hydrogens is 411 g/mol. The number of aromatic hydroxyl groups is 3. The predicted octanol–water partition coefficient (Wildman–Crippen LogP) is 5.91. The van der Waals surface area contributed by atoms with Gasteiger partial charge in [-0.3, -0.25) is 0 Å². The van der Waals surface area contributed by atoms with Crippen molar-refractivity contribution in [3.8, 4) is 23.0 Å². The van der Waals surface area contributed by atoms with Gasteiger partial charge in [-0.25, -0.2) is 4.39 Å². The molecule has 0 atom stereocenters. The maximum absolute atomic E-state index is 13.6. The number of methoxy groups -OCH3 is 1. The number of halogens is 1. The van der Waals surface area contributed by atoms with Crippen molar-refractivity contribution in [2.24, 2.45) is 0 Å². The van der Waals surface area contributed by atoms with Gasteiger partial charge >= 0.3 is 0 Å². The van der Waals surface area contributed by atoms with E-state index in [4.69, 9.17) is 9.47 Å². The minimum absolute atomic E-state index is 0.0154. The Morgan fingerprint density at radius 3 is 2.19 bits per heavy atom. The van der Waals surface area contributed by atoms with Crippen LogP contribution in [0.1, 0.15) is 49.9 Å². The topological polar surface area (TPSA) is 79.2 Å². The van der Waals surface area contributed by atoms with Crippen LogP contribution in [0.3, 0.4) is 0 Å². The number of rotatable bonds is 6. The summed E-state index contributed by atoms with van der Waals surface area (Å²) in [6, 6.07) is 3.88. The van der Waals surface area contributed by atoms with Gasteiger partial charge < -0.3 is 24.8 Å². The number of hydrogen-bond donors (Lipinski definition) is 3. The second-order valence-corrected chi connectivity index (χ2v) is 8.33. The van der Waals surface area contributed by atoms with Crippen LogP contribution in [0.25, 0.3) is 5.76 Å². The third kappa shape index (κ3) is 4.59. The van der Waals surface area contributed by atoms with Crippen molar-refractivity contribution in [2.45, 2.75) is 47.0 Å². The highest BCUT2D eigenvalue weighted by Crippen LogP contribution is 2.48. The first-order valence-corrected chi connectivity index (χ1v) is 10.4. The fourth-order valence-corrected chi connectivity index (χ4v) is 3.59. The first-order valence-electron chi connectivity index (χ1n) is 10.4. The molecule has 5 nitrogen and oxygen atoms in total. The Morgan fingerprint density at radius 2 is 1.62 bits per heavy atom. The number of fused-ring (bicyclic) bond motifs is 1. The molecule has 0 unspecified atom stereocenters. The van der Waals surface area contributed by atoms with Gasteiger partial charge in [0.15, 0.2) is 17.3 Å². The Kier molecular flexibility index (Phi) is 6.82. The van der Waals surface area contributed by atoms with Crippen LogP contribution in [0.5, 0.6) is 23.0 Å². The largest absolute Gasteiger partial charge is 0.507 e. The number of benzene rings is 2. The van der Waals surface area contributed by atoms with Crippen LogP contribution in [0, 0.1) is 5.82 Å². The number of ether oxygens (including phenoxy) is 2. The standard InChI is InChI=1S/C26H29FO5/c1-14(2)6-9-17-23(29)18(10-7-15(3)4)26-19(24(17)30)13-22(31-5)25(32-26)16-8-11-20(27)21(28)12-16/h6-8,11-12,28-30H,9-10,13H2,1-5H3. The van der Waals surface area contributed by atoms with Crippen molar-refractivity contribution in [3.05, 3.63) is 75.3 Å². The zero-order valence-corrected chi connectivity index (χ0v) is 19.0. The molecule has 0 spiro atoms. The van der Waals surface area contributed by atoms with E-state index in [1.54, 1.807) is 0 Å². The summed E-state index contributed by atoms with van der Waals surface area (Å²) < 4.78 is 25.3. The Morgan fingerprint density at radius 1 is 1.00 bits per heavy atom. The average molecular weight is 441 g/mol. The van der Waals surface area contributed by atoms with E-state index in [1.807, 2.05) is 39.8 Å². The predicted molar refractivity (Wildman–Crippen MR) is 122 cm³/mol. The van der Waals surface area contributed by atoms with Crippen molar-refractivity contribution in [2.75, 3.05) is 7.11 Å². The maximum atomic E-state index is 13.6. The van der Waals surface area contributed by atoms with Gasteiger partial charge in [-0.15, -0.1) is 0 Å². The van der Waals surface area contributed by atoms with E-state index in [2.05, 4.69) is 0 Å². The molecule has 2 aromatic rings. The quantitative estimate of drug-likeness (QED) is 0.487. The lowest BCUT2D eigenvalue weighted by Gasteiger charge is -2.27. The number of phenols is 3. The van der Waals surface area contributed by atoms with Crippen molar-refractivity contribution < 1.29 is 29.2 Å². The summed E-state index contributed by atoms with van der Waals surface area (Å²) in [7, 11) is 1.48. The zero-order valence-electron chi connectivity index (χ0n) is 19.0. The van der Waals surface area contributed by atoms with Crippen LogP contribution < -0.4 is 4.74 Å². The lowest BCUT2D eigenvalue weighted by molar-refractivity contribution is 0.263. The smallest absolute Gasteiger partial charge is 0.172 e. The van der Waals surface area contributed by atoms with Crippen molar-refractivity contribution in [1.82, 2.24) is 0 Å². The summed E-state index contributed by atoms with van der Waals surface area (Å²) in [4.78, 5) is 0. The van der Waals surface area contributed by atoms with E-state index in [9.17, 15) is 19.7 Å². The zero-order chi connectivity index (χ0) is 23.6. The van der Waals surface area contributed by atoms with Gasteiger partial charge in [0.05, 0.1) is 7.11 Å². The molecule has 0 radical (unpaired) electrons. The molecule has 3 rings (SSSR count). The molecule has 0 fully saturated rings. The third-order valence-corrected chi connectivity index (χ3v) is 5.37. The third-order valence-electron chi connectivity index (χ3n) is 5.37. The molecule has 3 N–H and O–H groups in total. The maximum Gasteiger partial charge on any atom is 0.172 e. The minimum Gasteiger partial charge on any atom is -0.507 e. The minimum atomic E-state index is -0.743. The van der Waals surface area contributed by atoms with Crippen LogP contribution in [-0.4, -0.2) is 22.4 Å². The SMILES string of the molecule is COC1=C(c2ccc(F)c(O)c2)Oc2c(CC=C(C)C)c(O)c(CC=C(C)C)c(O)c2C1. The first kappa shape index (κ1) is 23.3. The number of phenolic OH excluding ortho intramolecular Hbond substituents is 3. The molecule has 0 bridgehead atoms. The summed E-state index contributed by atoms with van der Waals surface area (Å²) in [5, 5.41) is 31.9. The van der Waals surface area contributed by atoms with Crippen molar-refractivity contribution >= 4 is 5.76 Å². The summed E-state index contributed by atoms with van der Waals surface area (Å²) in [5.74, 6) is -0.237. The Hall–Kier alpha value is -3.41. The summed E-state index contributed by atoms with van der Waals surface area (Å²) in [5.41, 5.74) is 4.07. The highest BCUT2D eigenvalue weighted by atomic mass is 19.1. The van der Waals surface area contributed by atoms with E-state index in [0.29, 0.717) is 52.4 Å². The average Bonchev–Trinajstić information content (AvgIpc) is 2.74. The summed E-state index contributed by atoms with van der Waals surface area (Å²) in [6.45, 7) is 7.83. The molecule has 170 valence electrons. The molecular formula is C26H29FO5. The Bertz CT molecular complexity index is 1130. The summed E-state index contributed by atoms with van der Waals surface area (Å²) in [6.07, 6.45) is 4.91. The summed E-state index contributed by atoms with van der Waals surface area (Å²) >= 11 is 0. The van der Waals surface area contributed by atoms with Crippen molar-refractivity contribution in [3.63, 3.8) is 0 Å². The Labute approximate surface area is 187 Å². The molecule has 0 saturated heterocycles. The van der Waals surface area contributed by atoms with Crippen molar-refractivity contribution in [1.29, 1.82) is 0 Å². The van der Waals surface area contributed by atoms with Gasteiger partial charge in [0, 0.05) is 28.7 Å².